The zero-order valence-electron chi connectivity index (χ0n) is 39.2. The number of fused-ring (bicyclic) bond motifs is 7. The van der Waals surface area contributed by atoms with E-state index in [2.05, 4.69) is 43.8 Å². The SMILES string of the molecule is C[C@H]1CC[C@@]2(OC1)O[C@H]1CC3[C@@H]4CC=C5C[C@@H](O[C@@H]6O[C@H](CO)[C@@H](O[C@H]7O[C@H](C)[C@@H](OCCN=[N+]=[N-])[C@H](O)[C@@H]7O)[C@H](O)[C@H]6O[C@H]6O[C@H](C)[C@@H](O)[C@H](O)[C@@H]6O)CC[C@]5(C)[C@H]4CC[C@]3(C)[C@H]1[C@@H]2C. The highest BCUT2D eigenvalue weighted by molar-refractivity contribution is 5.26. The van der Waals surface area contributed by atoms with Crippen molar-refractivity contribution in [2.24, 2.45) is 51.5 Å². The molecule has 4 aliphatic carbocycles. The Morgan fingerprint density at radius 3 is 2.21 bits per heavy atom. The average molecular weight is 938 g/mol. The molecule has 7 N–H and O–H groups in total. The lowest BCUT2D eigenvalue weighted by molar-refractivity contribution is -0.389. The molecule has 9 rings (SSSR count). The Hall–Kier alpha value is -1.59. The van der Waals surface area contributed by atoms with Gasteiger partial charge in [-0.2, -0.15) is 0 Å². The predicted octanol–water partition coefficient (Wildman–Crippen LogP) is 2.58. The summed E-state index contributed by atoms with van der Waals surface area (Å²) < 4.78 is 56.4. The predicted molar refractivity (Wildman–Crippen MR) is 231 cm³/mol. The second kappa shape index (κ2) is 19.2. The van der Waals surface area contributed by atoms with Gasteiger partial charge < -0.3 is 78.4 Å². The van der Waals surface area contributed by atoms with Crippen molar-refractivity contribution in [3.63, 3.8) is 0 Å². The minimum Gasteiger partial charge on any atom is -0.394 e. The molecule has 0 aromatic rings. The molecular weight excluding hydrogens is 863 g/mol. The molecular formula is C47H75N3O16. The maximum absolute atomic E-state index is 12.1. The first kappa shape index (κ1) is 49.4. The zero-order valence-corrected chi connectivity index (χ0v) is 39.2. The van der Waals surface area contributed by atoms with Gasteiger partial charge in [0.1, 0.15) is 61.0 Å². The van der Waals surface area contributed by atoms with Gasteiger partial charge in [0, 0.05) is 23.8 Å². The highest BCUT2D eigenvalue weighted by Gasteiger charge is 2.69. The van der Waals surface area contributed by atoms with Gasteiger partial charge in [-0.1, -0.05) is 44.5 Å². The molecule has 1 spiro atoms. The van der Waals surface area contributed by atoms with Crippen LogP contribution in [0.3, 0.4) is 0 Å². The summed E-state index contributed by atoms with van der Waals surface area (Å²) in [6, 6.07) is 0. The molecule has 0 radical (unpaired) electrons. The van der Waals surface area contributed by atoms with Crippen LogP contribution in [0.4, 0.5) is 0 Å². The van der Waals surface area contributed by atoms with Crippen molar-refractivity contribution < 1.29 is 78.4 Å². The van der Waals surface area contributed by atoms with Crippen molar-refractivity contribution in [1.82, 2.24) is 0 Å². The molecule has 0 bridgehead atoms. The van der Waals surface area contributed by atoms with E-state index in [0.29, 0.717) is 48.3 Å². The summed E-state index contributed by atoms with van der Waals surface area (Å²) in [5.74, 6) is 2.58. The van der Waals surface area contributed by atoms with Crippen molar-refractivity contribution in [2.45, 2.75) is 209 Å². The summed E-state index contributed by atoms with van der Waals surface area (Å²) in [5.41, 5.74) is 10.1. The number of allylic oxidation sites excluding steroid dienone is 1. The van der Waals surface area contributed by atoms with Crippen LogP contribution in [0.15, 0.2) is 16.8 Å². The topological polar surface area (TPSA) is 273 Å². The van der Waals surface area contributed by atoms with Crippen LogP contribution < -0.4 is 0 Å². The number of hydrogen-bond donors (Lipinski definition) is 7. The Balaban J connectivity index is 0.902. The summed E-state index contributed by atoms with van der Waals surface area (Å²) in [7, 11) is 0. The molecule has 9 aliphatic rings. The first-order valence-electron chi connectivity index (χ1n) is 24.7. The van der Waals surface area contributed by atoms with Gasteiger partial charge in [-0.3, -0.25) is 0 Å². The van der Waals surface area contributed by atoms with Gasteiger partial charge >= 0.3 is 0 Å². The largest absolute Gasteiger partial charge is 0.394 e. The van der Waals surface area contributed by atoms with Gasteiger partial charge in [-0.15, -0.1) is 0 Å². The van der Waals surface area contributed by atoms with Crippen LogP contribution in [0, 0.1) is 46.3 Å². The highest BCUT2D eigenvalue weighted by atomic mass is 16.8. The quantitative estimate of drug-likeness (QED) is 0.0516. The van der Waals surface area contributed by atoms with E-state index in [0.717, 1.165) is 51.6 Å². The molecule has 0 aromatic carbocycles. The number of hydrogen-bond acceptors (Lipinski definition) is 17. The Morgan fingerprint density at radius 1 is 0.773 bits per heavy atom. The Labute approximate surface area is 386 Å². The second-order valence-corrected chi connectivity index (χ2v) is 21.9. The third-order valence-corrected chi connectivity index (χ3v) is 18.2. The fraction of sp³-hybridized carbons (Fsp3) is 0.957. The van der Waals surface area contributed by atoms with Gasteiger partial charge in [0.05, 0.1) is 44.2 Å². The first-order valence-corrected chi connectivity index (χ1v) is 24.7. The maximum atomic E-state index is 12.1. The second-order valence-electron chi connectivity index (χ2n) is 21.9. The number of azide groups is 1. The fourth-order valence-electron chi connectivity index (χ4n) is 14.5. The molecule has 374 valence electrons. The van der Waals surface area contributed by atoms with E-state index < -0.39 is 105 Å². The lowest BCUT2D eigenvalue weighted by atomic mass is 9.47. The van der Waals surface area contributed by atoms with E-state index in [1.165, 1.54) is 12.5 Å². The Kier molecular flexibility index (Phi) is 14.4. The Morgan fingerprint density at radius 2 is 1.50 bits per heavy atom. The van der Waals surface area contributed by atoms with Crippen molar-refractivity contribution >= 4 is 0 Å². The average Bonchev–Trinajstić information content (AvgIpc) is 3.74. The van der Waals surface area contributed by atoms with Gasteiger partial charge in [-0.05, 0) is 111 Å². The molecule has 19 heteroatoms. The first-order chi connectivity index (χ1) is 31.4. The summed E-state index contributed by atoms with van der Waals surface area (Å²) in [5, 5.41) is 80.5. The lowest BCUT2D eigenvalue weighted by Gasteiger charge is -2.58. The van der Waals surface area contributed by atoms with Crippen LogP contribution in [0.1, 0.15) is 99.3 Å². The van der Waals surface area contributed by atoms with Gasteiger partial charge in [0.25, 0.3) is 0 Å². The third-order valence-electron chi connectivity index (χ3n) is 18.2. The minimum atomic E-state index is -1.72. The van der Waals surface area contributed by atoms with Crippen molar-refractivity contribution in [2.75, 3.05) is 26.4 Å². The molecule has 5 saturated heterocycles. The van der Waals surface area contributed by atoms with Crippen LogP contribution in [0.25, 0.3) is 10.4 Å². The van der Waals surface area contributed by atoms with E-state index in [1.807, 2.05) is 0 Å². The van der Waals surface area contributed by atoms with Crippen LogP contribution in [0.2, 0.25) is 0 Å². The van der Waals surface area contributed by atoms with E-state index in [4.69, 9.17) is 48.2 Å². The number of ether oxygens (including phenoxy) is 9. The van der Waals surface area contributed by atoms with Gasteiger partial charge in [0.15, 0.2) is 24.7 Å². The van der Waals surface area contributed by atoms with E-state index in [9.17, 15) is 35.7 Å². The van der Waals surface area contributed by atoms with Crippen molar-refractivity contribution in [3.05, 3.63) is 22.1 Å². The normalized spacial score (nSPS) is 54.7. The van der Waals surface area contributed by atoms with Crippen molar-refractivity contribution in [3.8, 4) is 0 Å². The van der Waals surface area contributed by atoms with Gasteiger partial charge in [0.2, 0.25) is 0 Å². The van der Waals surface area contributed by atoms with E-state index in [1.54, 1.807) is 6.92 Å². The Bertz CT molecular complexity index is 1780. The fourth-order valence-corrected chi connectivity index (χ4v) is 14.5. The third kappa shape index (κ3) is 8.50. The molecule has 3 saturated carbocycles. The van der Waals surface area contributed by atoms with Crippen LogP contribution in [-0.4, -0.2) is 172 Å². The summed E-state index contributed by atoms with van der Waals surface area (Å²) in [4.78, 5) is 2.68. The lowest BCUT2D eigenvalue weighted by Crippen LogP contribution is -2.66. The summed E-state index contributed by atoms with van der Waals surface area (Å²) in [6.45, 7) is 12.8. The zero-order chi connectivity index (χ0) is 47.0. The molecule has 1 unspecified atom stereocenters. The monoisotopic (exact) mass is 938 g/mol. The highest BCUT2D eigenvalue weighted by Crippen LogP contribution is 2.70. The smallest absolute Gasteiger partial charge is 0.187 e. The molecule has 26 atom stereocenters. The number of rotatable bonds is 11. The molecule has 5 aliphatic heterocycles. The molecule has 5 heterocycles. The summed E-state index contributed by atoms with van der Waals surface area (Å²) >= 11 is 0. The maximum Gasteiger partial charge on any atom is 0.187 e. The van der Waals surface area contributed by atoms with Crippen LogP contribution in [0.5, 0.6) is 0 Å². The molecule has 8 fully saturated rings. The standard InChI is InChI=1S/C47H75N3O16/c1-21-9-14-47(59-20-21)22(2)32-30(66-47)18-29-27-8-7-25-17-26(10-12-45(25,5)28(27)11-13-46(29,32)6)62-44-41(65-42-36(55)34(53)33(52)23(3)60-42)38(57)40(31(19-51)63-44)64-43-37(56)35(54)39(24(4)61-43)58-16-15-49-50-48/h7,21-24,26-44,51-57H,8-20H2,1-6H3/t21-,22-,23+,24+,26-,27+,28-,29?,30-,31+,32-,33+,34-,35+,36-,37-,38-,39+,40+,41+,42+,43+,44+,45-,46-,47+/m0/s1. The van der Waals surface area contributed by atoms with Crippen LogP contribution >= 0.6 is 0 Å². The van der Waals surface area contributed by atoms with Crippen molar-refractivity contribution in [1.29, 1.82) is 0 Å². The van der Waals surface area contributed by atoms with E-state index >= 15 is 0 Å². The molecule has 66 heavy (non-hydrogen) atoms. The minimum absolute atomic E-state index is 0.00310. The van der Waals surface area contributed by atoms with E-state index in [-0.39, 0.29) is 36.2 Å². The number of nitrogens with zero attached hydrogens (tertiary/aromatic N) is 3. The number of aliphatic hydroxyl groups excluding tert-OH is 7. The molecule has 0 amide bonds. The molecule has 0 aromatic heterocycles. The summed E-state index contributed by atoms with van der Waals surface area (Å²) in [6.07, 6.45) is -9.98. The molecule has 19 nitrogen and oxygen atoms in total. The van der Waals surface area contributed by atoms with Crippen LogP contribution in [-0.2, 0) is 42.6 Å². The van der Waals surface area contributed by atoms with Gasteiger partial charge in [-0.25, -0.2) is 0 Å². The number of aliphatic hydroxyl groups is 7.